The van der Waals surface area contributed by atoms with Gasteiger partial charge in [0.1, 0.15) is 0 Å². The standard InChI is InChI=1S/C3H3I2N/c4-3(5)1-2-6/h3H,1H2. The lowest BCUT2D eigenvalue weighted by Crippen LogP contribution is -1.75. The molecular formula is C3H3I2N. The van der Waals surface area contributed by atoms with Gasteiger partial charge in [-0.25, -0.2) is 0 Å². The molecule has 0 atom stereocenters. The largest absolute Gasteiger partial charge is 0.198 e. The summed E-state index contributed by atoms with van der Waals surface area (Å²) in [4.78, 5) is 0. The Bertz CT molecular complexity index is 63.7. The van der Waals surface area contributed by atoms with Gasteiger partial charge in [0.05, 0.1) is 14.4 Å². The summed E-state index contributed by atoms with van der Waals surface area (Å²) in [5.74, 6) is 0. The number of nitriles is 1. The summed E-state index contributed by atoms with van der Waals surface area (Å²) in [5.41, 5.74) is 0. The van der Waals surface area contributed by atoms with Crippen molar-refractivity contribution in [2.75, 3.05) is 0 Å². The van der Waals surface area contributed by atoms with Crippen molar-refractivity contribution in [3.05, 3.63) is 0 Å². The Balaban J connectivity index is 2.88. The molecule has 0 aromatic carbocycles. The summed E-state index contributed by atoms with van der Waals surface area (Å²) >= 11 is 4.41. The third-order valence-corrected chi connectivity index (χ3v) is 1.13. The van der Waals surface area contributed by atoms with Crippen LogP contribution in [0.1, 0.15) is 6.42 Å². The fraction of sp³-hybridized carbons (Fsp3) is 0.667. The van der Waals surface area contributed by atoms with Crippen molar-refractivity contribution in [3.63, 3.8) is 0 Å². The highest BCUT2D eigenvalue weighted by atomic mass is 127. The monoisotopic (exact) mass is 307 g/mol. The maximum Gasteiger partial charge on any atom is 0.0756 e. The van der Waals surface area contributed by atoms with E-state index in [9.17, 15) is 0 Å². The highest BCUT2D eigenvalue weighted by Crippen LogP contribution is 2.11. The van der Waals surface area contributed by atoms with Crippen molar-refractivity contribution in [2.45, 2.75) is 8.35 Å². The van der Waals surface area contributed by atoms with Gasteiger partial charge in [0.15, 0.2) is 0 Å². The fourth-order valence-corrected chi connectivity index (χ4v) is 0.463. The molecule has 0 rings (SSSR count). The van der Waals surface area contributed by atoms with Crippen LogP contribution in [0.3, 0.4) is 0 Å². The van der Waals surface area contributed by atoms with Gasteiger partial charge in [-0.05, 0) is 0 Å². The predicted molar refractivity (Wildman–Crippen MR) is 42.1 cm³/mol. The first-order chi connectivity index (χ1) is 2.77. The van der Waals surface area contributed by atoms with Crippen molar-refractivity contribution in [3.8, 4) is 6.07 Å². The van der Waals surface area contributed by atoms with Crippen LogP contribution < -0.4 is 0 Å². The van der Waals surface area contributed by atoms with E-state index in [0.717, 1.165) is 0 Å². The summed E-state index contributed by atoms with van der Waals surface area (Å²) in [6, 6.07) is 2.05. The molecule has 0 heterocycles. The quantitative estimate of drug-likeness (QED) is 0.537. The molecule has 0 fully saturated rings. The Morgan fingerprint density at radius 1 is 1.67 bits per heavy atom. The van der Waals surface area contributed by atoms with Crippen LogP contribution in [0.5, 0.6) is 0 Å². The van der Waals surface area contributed by atoms with Crippen LogP contribution in [0.2, 0.25) is 0 Å². The maximum absolute atomic E-state index is 7.98. The molecule has 0 bridgehead atoms. The molecule has 0 aromatic heterocycles. The molecule has 0 spiro atoms. The minimum Gasteiger partial charge on any atom is -0.198 e. The van der Waals surface area contributed by atoms with Gasteiger partial charge in [-0.15, -0.1) is 0 Å². The Kier molecular flexibility index (Phi) is 4.77. The smallest absolute Gasteiger partial charge is 0.0756 e. The molecular weight excluding hydrogens is 304 g/mol. The Labute approximate surface area is 64.4 Å². The normalized spacial score (nSPS) is 8.33. The van der Waals surface area contributed by atoms with E-state index in [1.165, 1.54) is 0 Å². The first-order valence-corrected chi connectivity index (χ1v) is 3.91. The number of alkyl halides is 2. The van der Waals surface area contributed by atoms with E-state index in [-0.39, 0.29) is 0 Å². The second-order valence-electron chi connectivity index (χ2n) is 0.753. The third kappa shape index (κ3) is 4.95. The molecule has 0 N–H and O–H groups in total. The van der Waals surface area contributed by atoms with Crippen LogP contribution in [-0.2, 0) is 0 Å². The predicted octanol–water partition coefficient (Wildman–Crippen LogP) is 2.10. The first kappa shape index (κ1) is 6.95. The van der Waals surface area contributed by atoms with Crippen molar-refractivity contribution in [2.24, 2.45) is 0 Å². The van der Waals surface area contributed by atoms with Crippen molar-refractivity contribution < 1.29 is 0 Å². The van der Waals surface area contributed by atoms with Crippen LogP contribution in [0, 0.1) is 11.3 Å². The molecule has 0 unspecified atom stereocenters. The van der Waals surface area contributed by atoms with Gasteiger partial charge in [-0.1, -0.05) is 45.2 Å². The van der Waals surface area contributed by atoms with Crippen LogP contribution in [0.15, 0.2) is 0 Å². The van der Waals surface area contributed by atoms with Crippen LogP contribution in [0.25, 0.3) is 0 Å². The lowest BCUT2D eigenvalue weighted by Gasteiger charge is -1.83. The number of hydrogen-bond acceptors (Lipinski definition) is 1. The number of halogens is 2. The van der Waals surface area contributed by atoms with Crippen molar-refractivity contribution in [1.82, 2.24) is 0 Å². The Hall–Kier alpha value is 0.950. The van der Waals surface area contributed by atoms with Gasteiger partial charge in [0.2, 0.25) is 0 Å². The van der Waals surface area contributed by atoms with Gasteiger partial charge in [-0.2, -0.15) is 5.26 Å². The van der Waals surface area contributed by atoms with E-state index in [1.54, 1.807) is 0 Å². The Morgan fingerprint density at radius 2 is 2.17 bits per heavy atom. The summed E-state index contributed by atoms with van der Waals surface area (Å²) in [6.45, 7) is 0. The number of rotatable bonds is 1. The van der Waals surface area contributed by atoms with E-state index in [2.05, 4.69) is 51.3 Å². The van der Waals surface area contributed by atoms with E-state index in [1.807, 2.05) is 0 Å². The molecule has 0 radical (unpaired) electrons. The van der Waals surface area contributed by atoms with Gasteiger partial charge in [-0.3, -0.25) is 0 Å². The molecule has 0 saturated carbocycles. The molecule has 0 aliphatic heterocycles. The minimum absolute atomic E-state index is 0.477. The summed E-state index contributed by atoms with van der Waals surface area (Å²) in [6.07, 6.45) is 0.654. The van der Waals surface area contributed by atoms with Crippen molar-refractivity contribution >= 4 is 45.2 Å². The zero-order chi connectivity index (χ0) is 4.99. The zero-order valence-electron chi connectivity index (χ0n) is 2.99. The molecule has 0 aromatic rings. The lowest BCUT2D eigenvalue weighted by molar-refractivity contribution is 1.24. The average molecular weight is 307 g/mol. The summed E-state index contributed by atoms with van der Waals surface area (Å²) in [5, 5.41) is 7.98. The second-order valence-corrected chi connectivity index (χ2v) is 6.14. The molecule has 0 saturated heterocycles. The van der Waals surface area contributed by atoms with E-state index < -0.39 is 0 Å². The lowest BCUT2D eigenvalue weighted by atomic mass is 10.6. The van der Waals surface area contributed by atoms with Gasteiger partial charge >= 0.3 is 0 Å². The zero-order valence-corrected chi connectivity index (χ0v) is 7.30. The summed E-state index contributed by atoms with van der Waals surface area (Å²) in [7, 11) is 0. The SMILES string of the molecule is N#CCC(I)I. The van der Waals surface area contributed by atoms with Gasteiger partial charge < -0.3 is 0 Å². The molecule has 6 heavy (non-hydrogen) atoms. The van der Waals surface area contributed by atoms with Crippen LogP contribution >= 0.6 is 45.2 Å². The fourth-order valence-electron chi connectivity index (χ4n) is 0.0690. The second kappa shape index (κ2) is 4.12. The maximum atomic E-state index is 7.98. The van der Waals surface area contributed by atoms with Gasteiger partial charge in [0.25, 0.3) is 0 Å². The third-order valence-electron chi connectivity index (χ3n) is 0.246. The van der Waals surface area contributed by atoms with Crippen molar-refractivity contribution in [1.29, 1.82) is 5.26 Å². The highest BCUT2D eigenvalue weighted by Gasteiger charge is 1.90. The molecule has 3 heteroatoms. The average Bonchev–Trinajstić information content (AvgIpc) is 1.35. The topological polar surface area (TPSA) is 23.8 Å². The van der Waals surface area contributed by atoms with E-state index in [4.69, 9.17) is 5.26 Å². The molecule has 0 aliphatic rings. The van der Waals surface area contributed by atoms with Gasteiger partial charge in [0, 0.05) is 0 Å². The molecule has 0 amide bonds. The van der Waals surface area contributed by atoms with Crippen LogP contribution in [0.4, 0.5) is 0 Å². The number of nitrogens with zero attached hydrogens (tertiary/aromatic N) is 1. The number of hydrogen-bond donors (Lipinski definition) is 0. The van der Waals surface area contributed by atoms with E-state index >= 15 is 0 Å². The minimum atomic E-state index is 0.477. The highest BCUT2D eigenvalue weighted by molar-refractivity contribution is 14.2. The molecule has 1 nitrogen and oxygen atoms in total. The summed E-state index contributed by atoms with van der Waals surface area (Å²) < 4.78 is 0.477. The Morgan fingerprint density at radius 3 is 2.17 bits per heavy atom. The van der Waals surface area contributed by atoms with E-state index in [0.29, 0.717) is 8.35 Å². The first-order valence-electron chi connectivity index (χ1n) is 1.42. The molecule has 34 valence electrons. The molecule has 0 aliphatic carbocycles. The van der Waals surface area contributed by atoms with Crippen LogP contribution in [-0.4, -0.2) is 1.93 Å².